The summed E-state index contributed by atoms with van der Waals surface area (Å²) in [6.07, 6.45) is 1.59. The normalized spacial score (nSPS) is 10.7. The first-order valence-electron chi connectivity index (χ1n) is 8.86. The molecule has 4 aromatic rings. The summed E-state index contributed by atoms with van der Waals surface area (Å²) < 4.78 is 12.6. The number of aromatic nitrogens is 3. The van der Waals surface area contributed by atoms with Crippen molar-refractivity contribution in [1.82, 2.24) is 14.8 Å². The van der Waals surface area contributed by atoms with Crippen molar-refractivity contribution in [3.05, 3.63) is 73.0 Å². The molecule has 0 spiro atoms. The van der Waals surface area contributed by atoms with Gasteiger partial charge in [-0.05, 0) is 36.4 Å². The van der Waals surface area contributed by atoms with E-state index >= 15 is 0 Å². The van der Waals surface area contributed by atoms with E-state index < -0.39 is 0 Å². The molecule has 0 aliphatic carbocycles. The van der Waals surface area contributed by atoms with Crippen molar-refractivity contribution in [2.24, 2.45) is 0 Å². The van der Waals surface area contributed by atoms with Crippen molar-refractivity contribution in [3.63, 3.8) is 0 Å². The van der Waals surface area contributed by atoms with Gasteiger partial charge in [-0.15, -0.1) is 10.2 Å². The Labute approximate surface area is 171 Å². The highest BCUT2D eigenvalue weighted by molar-refractivity contribution is 7.99. The van der Waals surface area contributed by atoms with Gasteiger partial charge >= 0.3 is 0 Å². The molecule has 7 nitrogen and oxygen atoms in total. The molecule has 146 valence electrons. The summed E-state index contributed by atoms with van der Waals surface area (Å²) in [5.74, 6) is 1.79. The van der Waals surface area contributed by atoms with Crippen LogP contribution in [0.1, 0.15) is 0 Å². The second-order valence-corrected chi connectivity index (χ2v) is 6.93. The lowest BCUT2D eigenvalue weighted by molar-refractivity contribution is -0.113. The summed E-state index contributed by atoms with van der Waals surface area (Å²) in [5, 5.41) is 12.0. The fourth-order valence-corrected chi connectivity index (χ4v) is 3.55. The molecular weight excluding hydrogens is 388 g/mol. The zero-order valence-electron chi connectivity index (χ0n) is 15.6. The molecule has 8 heteroatoms. The van der Waals surface area contributed by atoms with Gasteiger partial charge in [0.05, 0.1) is 24.8 Å². The van der Waals surface area contributed by atoms with Gasteiger partial charge in [-0.1, -0.05) is 42.1 Å². The Balaban J connectivity index is 1.55. The number of hydrogen-bond donors (Lipinski definition) is 1. The molecule has 0 aliphatic heterocycles. The van der Waals surface area contributed by atoms with Crippen molar-refractivity contribution in [1.29, 1.82) is 0 Å². The summed E-state index contributed by atoms with van der Waals surface area (Å²) in [6, 6.07) is 20.6. The molecule has 0 atom stereocenters. The minimum Gasteiger partial charge on any atom is -0.495 e. The lowest BCUT2D eigenvalue weighted by Crippen LogP contribution is -2.15. The third kappa shape index (κ3) is 4.17. The number of nitrogens with zero attached hydrogens (tertiary/aromatic N) is 3. The SMILES string of the molecule is COc1ccccc1NC(=O)CSc1nnc(-c2ccco2)n1-c1ccccc1. The predicted octanol–water partition coefficient (Wildman–Crippen LogP) is 4.27. The number of benzene rings is 2. The molecule has 2 aromatic heterocycles. The van der Waals surface area contributed by atoms with Crippen LogP contribution in [0.3, 0.4) is 0 Å². The molecule has 0 saturated heterocycles. The highest BCUT2D eigenvalue weighted by Crippen LogP contribution is 2.29. The number of carbonyl (C=O) groups excluding carboxylic acids is 1. The molecule has 0 bridgehead atoms. The number of para-hydroxylation sites is 3. The summed E-state index contributed by atoms with van der Waals surface area (Å²) in [6.45, 7) is 0. The van der Waals surface area contributed by atoms with Crippen LogP contribution >= 0.6 is 11.8 Å². The molecule has 0 radical (unpaired) electrons. The Bertz CT molecular complexity index is 1090. The number of rotatable bonds is 7. The van der Waals surface area contributed by atoms with Gasteiger partial charge in [0.15, 0.2) is 10.9 Å². The second kappa shape index (κ2) is 8.66. The summed E-state index contributed by atoms with van der Waals surface area (Å²) in [7, 11) is 1.57. The van der Waals surface area contributed by atoms with Gasteiger partial charge in [0.25, 0.3) is 0 Å². The molecule has 2 heterocycles. The van der Waals surface area contributed by atoms with Gasteiger partial charge in [0.2, 0.25) is 11.7 Å². The van der Waals surface area contributed by atoms with Crippen LogP contribution in [0.25, 0.3) is 17.3 Å². The average molecular weight is 406 g/mol. The van der Waals surface area contributed by atoms with E-state index in [0.717, 1.165) is 5.69 Å². The number of furan rings is 1. The molecule has 1 N–H and O–H groups in total. The second-order valence-electron chi connectivity index (χ2n) is 5.99. The standard InChI is InChI=1S/C21H18N4O3S/c1-27-17-11-6-5-10-16(17)22-19(26)14-29-21-24-23-20(18-12-7-13-28-18)25(21)15-8-3-2-4-9-15/h2-13H,14H2,1H3,(H,22,26). The summed E-state index contributed by atoms with van der Waals surface area (Å²) >= 11 is 1.30. The van der Waals surface area contributed by atoms with E-state index in [-0.39, 0.29) is 11.7 Å². The molecular formula is C21H18N4O3S. The minimum absolute atomic E-state index is 0.165. The van der Waals surface area contributed by atoms with Crippen molar-refractivity contribution in [2.45, 2.75) is 5.16 Å². The molecule has 4 rings (SSSR count). The van der Waals surface area contributed by atoms with Gasteiger partial charge in [-0.3, -0.25) is 9.36 Å². The van der Waals surface area contributed by atoms with Gasteiger partial charge < -0.3 is 14.5 Å². The Morgan fingerprint density at radius 1 is 1.07 bits per heavy atom. The van der Waals surface area contributed by atoms with E-state index in [1.807, 2.05) is 53.1 Å². The molecule has 1 amide bonds. The largest absolute Gasteiger partial charge is 0.495 e. The maximum absolute atomic E-state index is 12.5. The molecule has 0 saturated carbocycles. The lowest BCUT2D eigenvalue weighted by Gasteiger charge is -2.10. The molecule has 0 fully saturated rings. The third-order valence-electron chi connectivity index (χ3n) is 4.10. The first-order valence-corrected chi connectivity index (χ1v) is 9.85. The van der Waals surface area contributed by atoms with Crippen LogP contribution in [0.4, 0.5) is 5.69 Å². The molecule has 29 heavy (non-hydrogen) atoms. The lowest BCUT2D eigenvalue weighted by atomic mass is 10.3. The van der Waals surface area contributed by atoms with E-state index in [2.05, 4.69) is 15.5 Å². The highest BCUT2D eigenvalue weighted by Gasteiger charge is 2.19. The van der Waals surface area contributed by atoms with Crippen LogP contribution in [0.15, 0.2) is 82.6 Å². The number of hydrogen-bond acceptors (Lipinski definition) is 6. The van der Waals surface area contributed by atoms with Gasteiger partial charge in [0, 0.05) is 5.69 Å². The maximum Gasteiger partial charge on any atom is 0.234 e. The van der Waals surface area contributed by atoms with E-state index in [1.165, 1.54) is 11.8 Å². The van der Waals surface area contributed by atoms with Crippen LogP contribution in [-0.2, 0) is 4.79 Å². The topological polar surface area (TPSA) is 82.2 Å². The summed E-state index contributed by atoms with van der Waals surface area (Å²) in [4.78, 5) is 12.5. The van der Waals surface area contributed by atoms with Crippen LogP contribution in [0.2, 0.25) is 0 Å². The van der Waals surface area contributed by atoms with Crippen molar-refractivity contribution in [3.8, 4) is 23.0 Å². The maximum atomic E-state index is 12.5. The van der Waals surface area contributed by atoms with E-state index in [9.17, 15) is 4.79 Å². The monoisotopic (exact) mass is 406 g/mol. The first kappa shape index (κ1) is 18.8. The Kier molecular flexibility index (Phi) is 5.62. The average Bonchev–Trinajstić information content (AvgIpc) is 3.43. The van der Waals surface area contributed by atoms with E-state index in [1.54, 1.807) is 31.6 Å². The minimum atomic E-state index is -0.165. The number of carbonyl (C=O) groups is 1. The zero-order valence-corrected chi connectivity index (χ0v) is 16.4. The van der Waals surface area contributed by atoms with Crippen molar-refractivity contribution < 1.29 is 13.9 Å². The molecule has 0 aliphatic rings. The Morgan fingerprint density at radius 3 is 2.62 bits per heavy atom. The number of amides is 1. The highest BCUT2D eigenvalue weighted by atomic mass is 32.2. The number of thioether (sulfide) groups is 1. The quantitative estimate of drug-likeness (QED) is 0.462. The Morgan fingerprint density at radius 2 is 1.86 bits per heavy atom. The number of ether oxygens (including phenoxy) is 1. The predicted molar refractivity (Wildman–Crippen MR) is 111 cm³/mol. The van der Waals surface area contributed by atoms with Crippen LogP contribution in [-0.4, -0.2) is 33.5 Å². The molecule has 2 aromatic carbocycles. The third-order valence-corrected chi connectivity index (χ3v) is 5.03. The van der Waals surface area contributed by atoms with Crippen molar-refractivity contribution >= 4 is 23.4 Å². The van der Waals surface area contributed by atoms with E-state index in [4.69, 9.17) is 9.15 Å². The zero-order chi connectivity index (χ0) is 20.1. The summed E-state index contributed by atoms with van der Waals surface area (Å²) in [5.41, 5.74) is 1.51. The van der Waals surface area contributed by atoms with Gasteiger partial charge in [-0.25, -0.2) is 0 Å². The number of anilines is 1. The molecule has 0 unspecified atom stereocenters. The Hall–Kier alpha value is -3.52. The van der Waals surface area contributed by atoms with Crippen LogP contribution in [0.5, 0.6) is 5.75 Å². The first-order chi connectivity index (χ1) is 14.3. The number of nitrogens with one attached hydrogen (secondary N) is 1. The fourth-order valence-electron chi connectivity index (χ4n) is 2.80. The van der Waals surface area contributed by atoms with Crippen molar-refractivity contribution in [2.75, 3.05) is 18.2 Å². The van der Waals surface area contributed by atoms with E-state index in [0.29, 0.717) is 28.2 Å². The number of methoxy groups -OCH3 is 1. The van der Waals surface area contributed by atoms with Gasteiger partial charge in [-0.2, -0.15) is 0 Å². The van der Waals surface area contributed by atoms with Crippen LogP contribution in [0, 0.1) is 0 Å². The smallest absolute Gasteiger partial charge is 0.234 e. The van der Waals surface area contributed by atoms with Gasteiger partial charge in [0.1, 0.15) is 5.75 Å². The van der Waals surface area contributed by atoms with Crippen LogP contribution < -0.4 is 10.1 Å². The fraction of sp³-hybridized carbons (Fsp3) is 0.0952.